The largest absolute Gasteiger partial charge is 0.341 e. The molecular weight excluding hydrogens is 276 g/mol. The third kappa shape index (κ3) is 3.45. The Hall–Kier alpha value is -1.69. The molecule has 0 fully saturated rings. The number of anilines is 1. The zero-order valence-corrected chi connectivity index (χ0v) is 12.7. The first-order valence-electron chi connectivity index (χ1n) is 6.78. The molecule has 20 heavy (non-hydrogen) atoms. The summed E-state index contributed by atoms with van der Waals surface area (Å²) in [5.41, 5.74) is 0. The first-order valence-corrected chi connectivity index (χ1v) is 7.16. The highest BCUT2D eigenvalue weighted by Crippen LogP contribution is 2.15. The van der Waals surface area contributed by atoms with Crippen molar-refractivity contribution in [2.75, 3.05) is 18.0 Å². The SMILES string of the molecule is CCC(C)CN(CC)c1nc(Cl)nc(-n2ccnc2)n1. The van der Waals surface area contributed by atoms with Gasteiger partial charge in [-0.15, -0.1) is 0 Å². The smallest absolute Gasteiger partial charge is 0.241 e. The third-order valence-corrected chi connectivity index (χ3v) is 3.38. The van der Waals surface area contributed by atoms with Crippen molar-refractivity contribution in [1.82, 2.24) is 24.5 Å². The first kappa shape index (κ1) is 14.7. The molecule has 2 rings (SSSR count). The summed E-state index contributed by atoms with van der Waals surface area (Å²) in [4.78, 5) is 18.9. The Kier molecular flexibility index (Phi) is 4.89. The molecule has 0 spiro atoms. The zero-order valence-electron chi connectivity index (χ0n) is 12.0. The molecule has 0 radical (unpaired) electrons. The molecule has 108 valence electrons. The molecule has 0 aliphatic heterocycles. The molecule has 0 aromatic carbocycles. The van der Waals surface area contributed by atoms with Crippen LogP contribution >= 0.6 is 11.6 Å². The van der Waals surface area contributed by atoms with E-state index in [1.165, 1.54) is 0 Å². The lowest BCUT2D eigenvalue weighted by Crippen LogP contribution is -2.30. The molecule has 2 aromatic heterocycles. The Morgan fingerprint density at radius 3 is 2.70 bits per heavy atom. The van der Waals surface area contributed by atoms with Gasteiger partial charge in [0.25, 0.3) is 0 Å². The van der Waals surface area contributed by atoms with Gasteiger partial charge >= 0.3 is 0 Å². The van der Waals surface area contributed by atoms with Crippen molar-refractivity contribution < 1.29 is 0 Å². The van der Waals surface area contributed by atoms with Gasteiger partial charge in [0, 0.05) is 25.5 Å². The second-order valence-corrected chi connectivity index (χ2v) is 5.06. The van der Waals surface area contributed by atoms with E-state index in [2.05, 4.69) is 45.6 Å². The van der Waals surface area contributed by atoms with E-state index >= 15 is 0 Å². The monoisotopic (exact) mass is 294 g/mol. The molecule has 1 atom stereocenters. The summed E-state index contributed by atoms with van der Waals surface area (Å²) in [6, 6.07) is 0. The second kappa shape index (κ2) is 6.65. The predicted octanol–water partition coefficient (Wildman–Crippen LogP) is 2.58. The van der Waals surface area contributed by atoms with Crippen LogP contribution in [0.4, 0.5) is 5.95 Å². The Balaban J connectivity index is 2.31. The topological polar surface area (TPSA) is 59.7 Å². The molecule has 2 heterocycles. The van der Waals surface area contributed by atoms with Crippen molar-refractivity contribution in [3.63, 3.8) is 0 Å². The van der Waals surface area contributed by atoms with Crippen LogP contribution in [0.5, 0.6) is 0 Å². The summed E-state index contributed by atoms with van der Waals surface area (Å²) in [6.07, 6.45) is 6.21. The van der Waals surface area contributed by atoms with E-state index in [1.54, 1.807) is 23.3 Å². The maximum atomic E-state index is 6.02. The van der Waals surface area contributed by atoms with E-state index in [1.807, 2.05) is 0 Å². The van der Waals surface area contributed by atoms with Gasteiger partial charge in [-0.05, 0) is 24.4 Å². The standard InChI is InChI=1S/C13H19ClN6/c1-4-10(3)8-19(5-2)12-16-11(14)17-13(18-12)20-7-6-15-9-20/h6-7,9-10H,4-5,8H2,1-3H3. The first-order chi connectivity index (χ1) is 9.63. The fourth-order valence-corrected chi connectivity index (χ4v) is 1.97. The number of halogens is 1. The minimum atomic E-state index is 0.196. The van der Waals surface area contributed by atoms with Crippen LogP contribution in [-0.4, -0.2) is 37.6 Å². The van der Waals surface area contributed by atoms with E-state index in [0.717, 1.165) is 19.5 Å². The maximum Gasteiger partial charge on any atom is 0.241 e. The van der Waals surface area contributed by atoms with Crippen molar-refractivity contribution in [2.24, 2.45) is 5.92 Å². The van der Waals surface area contributed by atoms with Crippen LogP contribution in [0.3, 0.4) is 0 Å². The summed E-state index contributed by atoms with van der Waals surface area (Å²) in [6.45, 7) is 8.19. The highest BCUT2D eigenvalue weighted by molar-refractivity contribution is 6.28. The molecule has 0 N–H and O–H groups in total. The second-order valence-electron chi connectivity index (χ2n) is 4.73. The van der Waals surface area contributed by atoms with Crippen LogP contribution in [-0.2, 0) is 0 Å². The number of hydrogen-bond acceptors (Lipinski definition) is 5. The van der Waals surface area contributed by atoms with Crippen molar-refractivity contribution in [3.8, 4) is 5.95 Å². The number of hydrogen-bond donors (Lipinski definition) is 0. The average Bonchev–Trinajstić information content (AvgIpc) is 2.97. The van der Waals surface area contributed by atoms with Crippen molar-refractivity contribution in [1.29, 1.82) is 0 Å². The number of imidazole rings is 1. The molecular formula is C13H19ClN6. The molecule has 0 bridgehead atoms. The van der Waals surface area contributed by atoms with Crippen molar-refractivity contribution in [3.05, 3.63) is 24.0 Å². The van der Waals surface area contributed by atoms with E-state index in [4.69, 9.17) is 11.6 Å². The normalized spacial score (nSPS) is 12.4. The minimum Gasteiger partial charge on any atom is -0.341 e. The Morgan fingerprint density at radius 1 is 1.30 bits per heavy atom. The summed E-state index contributed by atoms with van der Waals surface area (Å²) in [5.74, 6) is 1.67. The van der Waals surface area contributed by atoms with Crippen LogP contribution < -0.4 is 4.90 Å². The van der Waals surface area contributed by atoms with Gasteiger partial charge in [-0.3, -0.25) is 4.57 Å². The lowest BCUT2D eigenvalue weighted by Gasteiger charge is -2.24. The van der Waals surface area contributed by atoms with Crippen LogP contribution in [0.15, 0.2) is 18.7 Å². The molecule has 1 unspecified atom stereocenters. The van der Waals surface area contributed by atoms with Crippen LogP contribution in [0, 0.1) is 5.92 Å². The van der Waals surface area contributed by atoms with Crippen molar-refractivity contribution >= 4 is 17.5 Å². The van der Waals surface area contributed by atoms with Gasteiger partial charge in [-0.1, -0.05) is 20.3 Å². The lowest BCUT2D eigenvalue weighted by atomic mass is 10.1. The molecule has 0 aliphatic carbocycles. The summed E-state index contributed by atoms with van der Waals surface area (Å²) in [5, 5.41) is 0.196. The minimum absolute atomic E-state index is 0.196. The van der Waals surface area contributed by atoms with Crippen LogP contribution in [0.1, 0.15) is 27.2 Å². The average molecular weight is 295 g/mol. The Morgan fingerprint density at radius 2 is 2.10 bits per heavy atom. The summed E-state index contributed by atoms with van der Waals surface area (Å²) in [7, 11) is 0. The summed E-state index contributed by atoms with van der Waals surface area (Å²) < 4.78 is 1.72. The number of nitrogens with zero attached hydrogens (tertiary/aromatic N) is 6. The third-order valence-electron chi connectivity index (χ3n) is 3.21. The van der Waals surface area contributed by atoms with Gasteiger partial charge in [0.1, 0.15) is 6.33 Å². The molecule has 0 amide bonds. The highest BCUT2D eigenvalue weighted by Gasteiger charge is 2.14. The molecule has 2 aromatic rings. The van der Waals surface area contributed by atoms with Gasteiger partial charge in [-0.2, -0.15) is 15.0 Å². The summed E-state index contributed by atoms with van der Waals surface area (Å²) >= 11 is 6.02. The van der Waals surface area contributed by atoms with Crippen molar-refractivity contribution in [2.45, 2.75) is 27.2 Å². The molecule has 0 saturated carbocycles. The Labute approximate surface area is 123 Å². The van der Waals surface area contributed by atoms with E-state index in [-0.39, 0.29) is 5.28 Å². The molecule has 0 aliphatic rings. The number of aromatic nitrogens is 5. The van der Waals surface area contributed by atoms with Gasteiger partial charge in [0.15, 0.2) is 0 Å². The maximum absolute atomic E-state index is 6.02. The Bertz CT molecular complexity index is 542. The van der Waals surface area contributed by atoms with Gasteiger partial charge < -0.3 is 4.90 Å². The van der Waals surface area contributed by atoms with Gasteiger partial charge in [0.2, 0.25) is 17.2 Å². The van der Waals surface area contributed by atoms with E-state index in [9.17, 15) is 0 Å². The zero-order chi connectivity index (χ0) is 14.5. The fourth-order valence-electron chi connectivity index (χ4n) is 1.82. The van der Waals surface area contributed by atoms with Gasteiger partial charge in [0.05, 0.1) is 0 Å². The molecule has 6 nitrogen and oxygen atoms in total. The fraction of sp³-hybridized carbons (Fsp3) is 0.538. The number of rotatable bonds is 6. The highest BCUT2D eigenvalue weighted by atomic mass is 35.5. The van der Waals surface area contributed by atoms with Crippen LogP contribution in [0.25, 0.3) is 5.95 Å². The lowest BCUT2D eigenvalue weighted by molar-refractivity contribution is 0.541. The molecule has 7 heteroatoms. The van der Waals surface area contributed by atoms with Gasteiger partial charge in [-0.25, -0.2) is 4.98 Å². The van der Waals surface area contributed by atoms with E-state index in [0.29, 0.717) is 17.8 Å². The van der Waals surface area contributed by atoms with E-state index < -0.39 is 0 Å². The quantitative estimate of drug-likeness (QED) is 0.819. The predicted molar refractivity (Wildman–Crippen MR) is 79.3 cm³/mol. The van der Waals surface area contributed by atoms with Crippen LogP contribution in [0.2, 0.25) is 5.28 Å². The molecule has 0 saturated heterocycles.